The van der Waals surface area contributed by atoms with Crippen LogP contribution in [0.4, 0.5) is 8.78 Å². The lowest BCUT2D eigenvalue weighted by Crippen LogP contribution is -1.88. The van der Waals surface area contributed by atoms with E-state index in [0.717, 1.165) is 33.4 Å². The molecule has 0 aliphatic carbocycles. The predicted molar refractivity (Wildman–Crippen MR) is 85.4 cm³/mol. The molecule has 4 aromatic carbocycles. The van der Waals surface area contributed by atoms with E-state index in [1.807, 2.05) is 36.4 Å². The van der Waals surface area contributed by atoms with E-state index in [9.17, 15) is 8.78 Å². The molecule has 0 aliphatic heterocycles. The highest BCUT2D eigenvalue weighted by Crippen LogP contribution is 2.35. The zero-order chi connectivity index (χ0) is 15.3. The normalized spacial score (nSPS) is 11.4. The Morgan fingerprint density at radius 2 is 1.36 bits per heavy atom. The van der Waals surface area contributed by atoms with Crippen LogP contribution < -0.4 is 4.74 Å². The summed E-state index contributed by atoms with van der Waals surface area (Å²) in [6, 6.07) is 15.3. The SMILES string of the molecule is COc1ccc2c(ccc3ccc4c(F)ccc(F)c4c32)c1. The molecule has 0 aromatic heterocycles. The minimum atomic E-state index is -0.413. The summed E-state index contributed by atoms with van der Waals surface area (Å²) in [6.45, 7) is 0. The Labute approximate surface area is 125 Å². The summed E-state index contributed by atoms with van der Waals surface area (Å²) in [6.07, 6.45) is 0. The van der Waals surface area contributed by atoms with Crippen molar-refractivity contribution in [1.29, 1.82) is 0 Å². The maximum absolute atomic E-state index is 14.4. The molecule has 0 unspecified atom stereocenters. The summed E-state index contributed by atoms with van der Waals surface area (Å²) >= 11 is 0. The van der Waals surface area contributed by atoms with Gasteiger partial charge < -0.3 is 4.74 Å². The molecule has 0 N–H and O–H groups in total. The van der Waals surface area contributed by atoms with Gasteiger partial charge in [0, 0.05) is 16.2 Å². The van der Waals surface area contributed by atoms with Crippen LogP contribution >= 0.6 is 0 Å². The van der Waals surface area contributed by atoms with Gasteiger partial charge in [-0.25, -0.2) is 8.78 Å². The van der Waals surface area contributed by atoms with E-state index in [1.165, 1.54) is 6.07 Å². The summed E-state index contributed by atoms with van der Waals surface area (Å²) in [7, 11) is 1.60. The fourth-order valence-electron chi connectivity index (χ4n) is 3.03. The lowest BCUT2D eigenvalue weighted by molar-refractivity contribution is 0.415. The fraction of sp³-hybridized carbons (Fsp3) is 0.0526. The van der Waals surface area contributed by atoms with Crippen LogP contribution in [-0.2, 0) is 0 Å². The first kappa shape index (κ1) is 13.0. The van der Waals surface area contributed by atoms with E-state index >= 15 is 0 Å². The van der Waals surface area contributed by atoms with Gasteiger partial charge in [0.05, 0.1) is 7.11 Å². The van der Waals surface area contributed by atoms with Crippen molar-refractivity contribution in [2.24, 2.45) is 0 Å². The van der Waals surface area contributed by atoms with E-state index in [1.54, 1.807) is 13.2 Å². The fourth-order valence-corrected chi connectivity index (χ4v) is 3.03. The highest BCUT2D eigenvalue weighted by molar-refractivity contribution is 6.20. The Hall–Kier alpha value is -2.68. The van der Waals surface area contributed by atoms with E-state index in [2.05, 4.69) is 0 Å². The molecule has 1 nitrogen and oxygen atoms in total. The number of hydrogen-bond acceptors (Lipinski definition) is 1. The van der Waals surface area contributed by atoms with Crippen LogP contribution in [0.5, 0.6) is 5.75 Å². The van der Waals surface area contributed by atoms with Crippen molar-refractivity contribution >= 4 is 32.3 Å². The van der Waals surface area contributed by atoms with Gasteiger partial charge in [-0.3, -0.25) is 0 Å². The molecule has 3 heteroatoms. The minimum Gasteiger partial charge on any atom is -0.497 e. The first-order valence-corrected chi connectivity index (χ1v) is 6.96. The standard InChI is InChI=1S/C19H12F2O/c1-22-13-5-7-14-12(10-13)3-2-11-4-6-15-16(20)8-9-17(21)19(15)18(11)14/h2-10H,1H3. The van der Waals surface area contributed by atoms with Gasteiger partial charge in [-0.2, -0.15) is 0 Å². The van der Waals surface area contributed by atoms with Crippen LogP contribution in [-0.4, -0.2) is 7.11 Å². The number of ether oxygens (including phenoxy) is 1. The molecule has 0 saturated carbocycles. The minimum absolute atomic E-state index is 0.302. The lowest BCUT2D eigenvalue weighted by atomic mass is 9.96. The van der Waals surface area contributed by atoms with E-state index < -0.39 is 11.6 Å². The topological polar surface area (TPSA) is 9.23 Å². The Morgan fingerprint density at radius 3 is 2.18 bits per heavy atom. The summed E-state index contributed by atoms with van der Waals surface area (Å²) in [5.41, 5.74) is 0. The summed E-state index contributed by atoms with van der Waals surface area (Å²) in [5.74, 6) is -0.0899. The Kier molecular flexibility index (Phi) is 2.76. The third-order valence-electron chi connectivity index (χ3n) is 4.08. The Morgan fingerprint density at radius 1 is 0.682 bits per heavy atom. The number of fused-ring (bicyclic) bond motifs is 5. The van der Waals surface area contributed by atoms with Crippen LogP contribution in [0.1, 0.15) is 0 Å². The van der Waals surface area contributed by atoms with Crippen molar-refractivity contribution < 1.29 is 13.5 Å². The molecule has 0 amide bonds. The first-order valence-electron chi connectivity index (χ1n) is 6.96. The van der Waals surface area contributed by atoms with Gasteiger partial charge in [-0.05, 0) is 40.4 Å². The van der Waals surface area contributed by atoms with Gasteiger partial charge in [0.2, 0.25) is 0 Å². The second-order valence-electron chi connectivity index (χ2n) is 5.27. The lowest BCUT2D eigenvalue weighted by Gasteiger charge is -2.10. The third kappa shape index (κ3) is 1.75. The second kappa shape index (κ2) is 4.67. The molecular weight excluding hydrogens is 282 g/mol. The van der Waals surface area contributed by atoms with E-state index in [-0.39, 0.29) is 0 Å². The van der Waals surface area contributed by atoms with Crippen LogP contribution in [0.25, 0.3) is 32.3 Å². The van der Waals surface area contributed by atoms with Gasteiger partial charge in [-0.15, -0.1) is 0 Å². The van der Waals surface area contributed by atoms with Crippen molar-refractivity contribution in [3.8, 4) is 5.75 Å². The average Bonchev–Trinajstić information content (AvgIpc) is 2.56. The average molecular weight is 294 g/mol. The smallest absolute Gasteiger partial charge is 0.131 e. The molecule has 0 fully saturated rings. The molecule has 0 aliphatic rings. The van der Waals surface area contributed by atoms with Crippen LogP contribution in [0.3, 0.4) is 0 Å². The molecule has 0 atom stereocenters. The van der Waals surface area contributed by atoms with Crippen molar-refractivity contribution in [2.75, 3.05) is 7.11 Å². The van der Waals surface area contributed by atoms with Crippen molar-refractivity contribution in [3.63, 3.8) is 0 Å². The van der Waals surface area contributed by atoms with Gasteiger partial charge in [0.1, 0.15) is 17.4 Å². The molecule has 0 saturated heterocycles. The summed E-state index contributed by atoms with van der Waals surface area (Å²) in [4.78, 5) is 0. The molecule has 0 bridgehead atoms. The largest absolute Gasteiger partial charge is 0.497 e. The summed E-state index contributed by atoms with van der Waals surface area (Å²) in [5, 5.41) is 4.06. The summed E-state index contributed by atoms with van der Waals surface area (Å²) < 4.78 is 33.6. The number of rotatable bonds is 1. The van der Waals surface area contributed by atoms with Gasteiger partial charge in [-0.1, -0.05) is 30.3 Å². The quantitative estimate of drug-likeness (QED) is 0.425. The van der Waals surface area contributed by atoms with Crippen LogP contribution in [0.15, 0.2) is 54.6 Å². The van der Waals surface area contributed by atoms with Crippen molar-refractivity contribution in [2.45, 2.75) is 0 Å². The number of methoxy groups -OCH3 is 1. The molecular formula is C19H12F2O. The molecule has 4 aromatic rings. The van der Waals surface area contributed by atoms with Gasteiger partial charge >= 0.3 is 0 Å². The Bertz CT molecular complexity index is 1040. The van der Waals surface area contributed by atoms with Crippen molar-refractivity contribution in [3.05, 3.63) is 66.2 Å². The first-order chi connectivity index (χ1) is 10.7. The number of benzene rings is 4. The molecule has 0 heterocycles. The number of halogens is 2. The maximum Gasteiger partial charge on any atom is 0.131 e. The van der Waals surface area contributed by atoms with E-state index in [4.69, 9.17) is 4.74 Å². The van der Waals surface area contributed by atoms with E-state index in [0.29, 0.717) is 10.8 Å². The third-order valence-corrected chi connectivity index (χ3v) is 4.08. The molecule has 4 rings (SSSR count). The maximum atomic E-state index is 14.4. The highest BCUT2D eigenvalue weighted by Gasteiger charge is 2.12. The Balaban J connectivity index is 2.28. The number of hydrogen-bond donors (Lipinski definition) is 0. The zero-order valence-corrected chi connectivity index (χ0v) is 11.9. The van der Waals surface area contributed by atoms with Crippen LogP contribution in [0, 0.1) is 11.6 Å². The highest BCUT2D eigenvalue weighted by atomic mass is 19.1. The van der Waals surface area contributed by atoms with Crippen LogP contribution in [0.2, 0.25) is 0 Å². The molecule has 108 valence electrons. The second-order valence-corrected chi connectivity index (χ2v) is 5.27. The predicted octanol–water partition coefficient (Wildman–Crippen LogP) is 5.43. The van der Waals surface area contributed by atoms with Crippen molar-refractivity contribution in [1.82, 2.24) is 0 Å². The zero-order valence-electron chi connectivity index (χ0n) is 11.9. The van der Waals surface area contributed by atoms with Gasteiger partial charge in [0.25, 0.3) is 0 Å². The molecule has 22 heavy (non-hydrogen) atoms. The monoisotopic (exact) mass is 294 g/mol. The molecule has 0 radical (unpaired) electrons. The van der Waals surface area contributed by atoms with Gasteiger partial charge in [0.15, 0.2) is 0 Å². The molecule has 0 spiro atoms.